The summed E-state index contributed by atoms with van der Waals surface area (Å²) in [5.41, 5.74) is 2.42. The Morgan fingerprint density at radius 1 is 1.04 bits per heavy atom. The number of urea groups is 1. The van der Waals surface area contributed by atoms with Crippen molar-refractivity contribution in [2.75, 3.05) is 38.2 Å². The summed E-state index contributed by atoms with van der Waals surface area (Å²) >= 11 is 0. The molecule has 3 amide bonds. The standard InChI is InChI=1S/C34H38F2N6O5/c1-47-30-18-27-21(17-26(30)32(44)45)19-42(38-27)24-7-5-22(6-8-24)34(35,36)20-39-13-9-23(10-14-39)40-15-11-25-28(40)3-2-4-29(25)41-16-12-31(43)37-33(41)46/h2-4,11,15,17-19,22-24H,5-10,12-14,16,20H2,1H3,(H,44,45)(H,37,43,46). The molecule has 3 fully saturated rings. The number of nitrogens with one attached hydrogen (secondary N) is 1. The van der Waals surface area contributed by atoms with Gasteiger partial charge in [0.15, 0.2) is 0 Å². The number of benzene rings is 2. The number of carbonyl (C=O) groups excluding carboxylic acids is 2. The fourth-order valence-electron chi connectivity index (χ4n) is 7.66. The lowest BCUT2D eigenvalue weighted by atomic mass is 9.81. The third-order valence-corrected chi connectivity index (χ3v) is 10.2. The van der Waals surface area contributed by atoms with Gasteiger partial charge in [0.1, 0.15) is 11.3 Å². The van der Waals surface area contributed by atoms with Crippen LogP contribution in [0.25, 0.3) is 21.8 Å². The number of carboxylic acid groups (broad SMARTS) is 1. The molecule has 11 nitrogen and oxygen atoms in total. The second kappa shape index (κ2) is 12.3. The first-order valence-corrected chi connectivity index (χ1v) is 16.2. The van der Waals surface area contributed by atoms with Gasteiger partial charge in [0, 0.05) is 67.2 Å². The normalized spacial score (nSPS) is 21.8. The number of hydrogen-bond donors (Lipinski definition) is 2. The second-order valence-electron chi connectivity index (χ2n) is 13.0. The van der Waals surface area contributed by atoms with Crippen LogP contribution in [0.4, 0.5) is 19.3 Å². The zero-order chi connectivity index (χ0) is 32.9. The fraction of sp³-hybridized carbons (Fsp3) is 0.471. The van der Waals surface area contributed by atoms with Gasteiger partial charge in [-0.3, -0.25) is 24.6 Å². The molecular weight excluding hydrogens is 610 g/mol. The number of rotatable bonds is 8. The van der Waals surface area contributed by atoms with Crippen LogP contribution in [0.5, 0.6) is 5.75 Å². The van der Waals surface area contributed by atoms with Crippen LogP contribution in [-0.2, 0) is 4.79 Å². The summed E-state index contributed by atoms with van der Waals surface area (Å²) in [6, 6.07) is 10.7. The lowest BCUT2D eigenvalue weighted by Gasteiger charge is -2.39. The minimum Gasteiger partial charge on any atom is -0.496 e. The molecule has 13 heteroatoms. The molecule has 1 saturated carbocycles. The van der Waals surface area contributed by atoms with Crippen LogP contribution >= 0.6 is 0 Å². The molecule has 7 rings (SSSR count). The highest BCUT2D eigenvalue weighted by Gasteiger charge is 2.43. The molecule has 2 aliphatic heterocycles. The monoisotopic (exact) mass is 648 g/mol. The molecule has 2 N–H and O–H groups in total. The number of hydrogen-bond acceptors (Lipinski definition) is 6. The summed E-state index contributed by atoms with van der Waals surface area (Å²) in [6.45, 7) is 1.23. The minimum atomic E-state index is -2.80. The van der Waals surface area contributed by atoms with Crippen LogP contribution in [0.2, 0.25) is 0 Å². The number of aromatic nitrogens is 3. The third kappa shape index (κ3) is 5.92. The molecule has 0 spiro atoms. The van der Waals surface area contributed by atoms with Crippen LogP contribution in [0.1, 0.15) is 67.4 Å². The zero-order valence-corrected chi connectivity index (χ0v) is 26.2. The summed E-state index contributed by atoms with van der Waals surface area (Å²) in [5.74, 6) is -4.62. The number of likely N-dealkylation sites (tertiary alicyclic amines) is 1. The van der Waals surface area contributed by atoms with Crippen LogP contribution in [0.3, 0.4) is 0 Å². The maximum Gasteiger partial charge on any atom is 0.339 e. The molecule has 4 heterocycles. The van der Waals surface area contributed by atoms with Crippen LogP contribution in [0, 0.1) is 5.92 Å². The van der Waals surface area contributed by atoms with Gasteiger partial charge >= 0.3 is 12.0 Å². The van der Waals surface area contributed by atoms with E-state index in [0.29, 0.717) is 56.2 Å². The summed E-state index contributed by atoms with van der Waals surface area (Å²) in [5, 5.41) is 18.1. The summed E-state index contributed by atoms with van der Waals surface area (Å²) < 4.78 is 40.5. The molecule has 4 aromatic rings. The number of amides is 3. The van der Waals surface area contributed by atoms with Crippen LogP contribution < -0.4 is 15.0 Å². The molecular formula is C34H38F2N6O5. The number of carbonyl (C=O) groups is 3. The topological polar surface area (TPSA) is 122 Å². The Balaban J connectivity index is 0.952. The van der Waals surface area contributed by atoms with Crippen LogP contribution in [-0.4, -0.2) is 81.5 Å². The Morgan fingerprint density at radius 2 is 1.81 bits per heavy atom. The van der Waals surface area contributed by atoms with E-state index in [2.05, 4.69) is 15.0 Å². The van der Waals surface area contributed by atoms with Gasteiger partial charge in [-0.25, -0.2) is 18.4 Å². The summed E-state index contributed by atoms with van der Waals surface area (Å²) in [7, 11) is 1.42. The first-order chi connectivity index (χ1) is 22.6. The molecule has 2 aromatic heterocycles. The van der Waals surface area contributed by atoms with Gasteiger partial charge in [-0.2, -0.15) is 5.10 Å². The van der Waals surface area contributed by atoms with E-state index >= 15 is 8.78 Å². The van der Waals surface area contributed by atoms with Crippen molar-refractivity contribution in [2.45, 2.75) is 63.0 Å². The van der Waals surface area contributed by atoms with E-state index in [-0.39, 0.29) is 42.3 Å². The SMILES string of the molecule is COc1cc2nn(C3CCC(C(F)(F)CN4CCC(n5ccc6c(N7CCC(=O)NC7=O)cccc65)CC4)CC3)cc2cc1C(=O)O. The van der Waals surface area contributed by atoms with E-state index in [1.54, 1.807) is 27.9 Å². The van der Waals surface area contributed by atoms with Gasteiger partial charge in [0.05, 0.1) is 36.4 Å². The first-order valence-electron chi connectivity index (χ1n) is 16.2. The van der Waals surface area contributed by atoms with Crippen molar-refractivity contribution in [1.82, 2.24) is 24.6 Å². The van der Waals surface area contributed by atoms with Gasteiger partial charge in [0.25, 0.3) is 5.92 Å². The van der Waals surface area contributed by atoms with Crippen molar-refractivity contribution in [3.63, 3.8) is 0 Å². The largest absolute Gasteiger partial charge is 0.496 e. The Bertz CT molecular complexity index is 1840. The number of anilines is 1. The van der Waals surface area contributed by atoms with Gasteiger partial charge in [-0.1, -0.05) is 6.07 Å². The lowest BCUT2D eigenvalue weighted by molar-refractivity contribution is -0.120. The van der Waals surface area contributed by atoms with Gasteiger partial charge in [-0.05, 0) is 62.8 Å². The number of carboxylic acids is 1. The summed E-state index contributed by atoms with van der Waals surface area (Å²) in [4.78, 5) is 39.2. The van der Waals surface area contributed by atoms with E-state index in [0.717, 1.165) is 29.4 Å². The molecule has 2 aromatic carbocycles. The van der Waals surface area contributed by atoms with Gasteiger partial charge in [-0.15, -0.1) is 0 Å². The molecule has 0 unspecified atom stereocenters. The van der Waals surface area contributed by atoms with E-state index in [1.165, 1.54) is 7.11 Å². The van der Waals surface area contributed by atoms with Crippen molar-refractivity contribution in [2.24, 2.45) is 5.92 Å². The highest BCUT2D eigenvalue weighted by Crippen LogP contribution is 2.42. The number of nitrogens with zero attached hydrogens (tertiary/aromatic N) is 5. The smallest absolute Gasteiger partial charge is 0.339 e. The van der Waals surface area contributed by atoms with Crippen molar-refractivity contribution >= 4 is 45.4 Å². The Labute approximate surface area is 270 Å². The van der Waals surface area contributed by atoms with Gasteiger partial charge in [0.2, 0.25) is 5.91 Å². The van der Waals surface area contributed by atoms with E-state index in [1.807, 2.05) is 35.4 Å². The zero-order valence-electron chi connectivity index (χ0n) is 26.2. The van der Waals surface area contributed by atoms with Crippen molar-refractivity contribution in [1.29, 1.82) is 0 Å². The van der Waals surface area contributed by atoms with E-state index < -0.39 is 23.8 Å². The molecule has 0 bridgehead atoms. The average molecular weight is 649 g/mol. The predicted molar refractivity (Wildman–Crippen MR) is 171 cm³/mol. The Morgan fingerprint density at radius 3 is 2.51 bits per heavy atom. The van der Waals surface area contributed by atoms with E-state index in [4.69, 9.17) is 4.74 Å². The van der Waals surface area contributed by atoms with Crippen LogP contribution in [0.15, 0.2) is 48.8 Å². The molecule has 0 radical (unpaired) electrons. The van der Waals surface area contributed by atoms with Crippen molar-refractivity contribution in [3.8, 4) is 5.75 Å². The Hall–Kier alpha value is -4.52. The van der Waals surface area contributed by atoms with Gasteiger partial charge < -0.3 is 14.4 Å². The molecule has 47 heavy (non-hydrogen) atoms. The predicted octanol–water partition coefficient (Wildman–Crippen LogP) is 5.85. The number of imide groups is 1. The number of methoxy groups -OCH3 is 1. The highest BCUT2D eigenvalue weighted by molar-refractivity contribution is 6.09. The lowest BCUT2D eigenvalue weighted by Crippen LogP contribution is -2.49. The molecule has 3 aliphatic rings. The third-order valence-electron chi connectivity index (χ3n) is 10.2. The average Bonchev–Trinajstić information content (AvgIpc) is 3.69. The number of aromatic carboxylic acids is 1. The number of piperidine rings is 1. The fourth-order valence-corrected chi connectivity index (χ4v) is 7.66. The maximum absolute atomic E-state index is 15.7. The Kier molecular flexibility index (Phi) is 8.11. The quantitative estimate of drug-likeness (QED) is 0.246. The molecule has 248 valence electrons. The van der Waals surface area contributed by atoms with Crippen molar-refractivity contribution < 1.29 is 33.0 Å². The highest BCUT2D eigenvalue weighted by atomic mass is 19.3. The summed E-state index contributed by atoms with van der Waals surface area (Å²) in [6.07, 6.45) is 7.52. The minimum absolute atomic E-state index is 0.0202. The maximum atomic E-state index is 15.7. The number of ether oxygens (including phenoxy) is 1. The van der Waals surface area contributed by atoms with Crippen molar-refractivity contribution in [3.05, 3.63) is 54.4 Å². The second-order valence-corrected chi connectivity index (χ2v) is 13.0. The molecule has 1 aliphatic carbocycles. The molecule has 2 saturated heterocycles. The number of fused-ring (bicyclic) bond motifs is 2. The number of halogens is 2. The molecule has 0 atom stereocenters. The van der Waals surface area contributed by atoms with E-state index in [9.17, 15) is 19.5 Å². The number of alkyl halides is 2. The first kappa shape index (κ1) is 31.1.